The van der Waals surface area contributed by atoms with Gasteiger partial charge in [0.2, 0.25) is 0 Å². The van der Waals surface area contributed by atoms with E-state index in [4.69, 9.17) is 9.47 Å². The smallest absolute Gasteiger partial charge is 0.183 e. The second kappa shape index (κ2) is 5.91. The van der Waals surface area contributed by atoms with Gasteiger partial charge in [-0.15, -0.1) is 11.3 Å². The predicted octanol–water partition coefficient (Wildman–Crippen LogP) is 3.52. The molecule has 2 rings (SSSR count). The maximum Gasteiger partial charge on any atom is 0.183 e. The fourth-order valence-electron chi connectivity index (χ4n) is 1.84. The first-order valence-corrected chi connectivity index (χ1v) is 6.31. The lowest BCUT2D eigenvalue weighted by atomic mass is 10.1. The van der Waals surface area contributed by atoms with Gasteiger partial charge in [-0.25, -0.2) is 0 Å². The lowest BCUT2D eigenvalue weighted by molar-refractivity contribution is -0.105. The molecule has 0 saturated carbocycles. The van der Waals surface area contributed by atoms with Gasteiger partial charge in [-0.1, -0.05) is 24.3 Å². The normalized spacial score (nSPS) is 10.8. The number of carbonyl (C=O) groups excluding carboxylic acids is 1. The number of rotatable bonds is 5. The van der Waals surface area contributed by atoms with Crippen LogP contribution in [0.2, 0.25) is 0 Å². The van der Waals surface area contributed by atoms with E-state index >= 15 is 0 Å². The number of thiophene rings is 1. The molecular formula is C14H14O3S. The Morgan fingerprint density at radius 3 is 2.44 bits per heavy atom. The second-order valence-corrected chi connectivity index (χ2v) is 4.83. The summed E-state index contributed by atoms with van der Waals surface area (Å²) in [6, 6.07) is 11.6. The van der Waals surface area contributed by atoms with Crippen LogP contribution in [-0.4, -0.2) is 20.5 Å². The van der Waals surface area contributed by atoms with Gasteiger partial charge in [0.1, 0.15) is 0 Å². The minimum Gasteiger partial charge on any atom is -0.352 e. The van der Waals surface area contributed by atoms with Gasteiger partial charge in [-0.2, -0.15) is 0 Å². The van der Waals surface area contributed by atoms with E-state index in [0.717, 1.165) is 22.3 Å². The average Bonchev–Trinajstić information content (AvgIpc) is 2.89. The van der Waals surface area contributed by atoms with Crippen molar-refractivity contribution in [2.75, 3.05) is 14.2 Å². The van der Waals surface area contributed by atoms with Crippen molar-refractivity contribution in [1.29, 1.82) is 0 Å². The second-order valence-electron chi connectivity index (χ2n) is 3.71. The Morgan fingerprint density at radius 1 is 1.11 bits per heavy atom. The molecule has 0 unspecified atom stereocenters. The van der Waals surface area contributed by atoms with Crippen LogP contribution in [0, 0.1) is 0 Å². The molecule has 3 nitrogen and oxygen atoms in total. The fourth-order valence-corrected chi connectivity index (χ4v) is 2.71. The Labute approximate surface area is 110 Å². The van der Waals surface area contributed by atoms with E-state index in [1.54, 1.807) is 14.2 Å². The van der Waals surface area contributed by atoms with Crippen LogP contribution in [0.1, 0.15) is 21.5 Å². The predicted molar refractivity (Wildman–Crippen MR) is 71.9 cm³/mol. The Morgan fingerprint density at radius 2 is 1.83 bits per heavy atom. The summed E-state index contributed by atoms with van der Waals surface area (Å²) in [5.74, 6) is 0. The SMILES string of the molecule is COC(OC)c1ccccc1-c1ccc(C=O)s1. The Balaban J connectivity index is 2.46. The molecule has 0 saturated heterocycles. The Bertz CT molecular complexity index is 529. The molecule has 18 heavy (non-hydrogen) atoms. The van der Waals surface area contributed by atoms with E-state index in [-0.39, 0.29) is 0 Å². The van der Waals surface area contributed by atoms with Crippen molar-refractivity contribution < 1.29 is 14.3 Å². The summed E-state index contributed by atoms with van der Waals surface area (Å²) in [4.78, 5) is 12.5. The van der Waals surface area contributed by atoms with Crippen molar-refractivity contribution in [2.24, 2.45) is 0 Å². The third kappa shape index (κ3) is 2.51. The third-order valence-electron chi connectivity index (χ3n) is 2.65. The van der Waals surface area contributed by atoms with Crippen LogP contribution < -0.4 is 0 Å². The lowest BCUT2D eigenvalue weighted by Gasteiger charge is -2.16. The van der Waals surface area contributed by atoms with E-state index in [2.05, 4.69) is 0 Å². The highest BCUT2D eigenvalue weighted by Gasteiger charge is 2.15. The zero-order valence-electron chi connectivity index (χ0n) is 10.3. The molecule has 0 bridgehead atoms. The van der Waals surface area contributed by atoms with Gasteiger partial charge >= 0.3 is 0 Å². The highest BCUT2D eigenvalue weighted by molar-refractivity contribution is 7.17. The summed E-state index contributed by atoms with van der Waals surface area (Å²) in [7, 11) is 3.21. The molecule has 1 heterocycles. The molecule has 1 aromatic heterocycles. The standard InChI is InChI=1S/C14H14O3S/c1-16-14(17-2)12-6-4-3-5-11(12)13-8-7-10(9-15)18-13/h3-9,14H,1-2H3. The maximum atomic E-state index is 10.7. The highest BCUT2D eigenvalue weighted by atomic mass is 32.1. The minimum absolute atomic E-state index is 0.400. The highest BCUT2D eigenvalue weighted by Crippen LogP contribution is 2.34. The van der Waals surface area contributed by atoms with Crippen molar-refractivity contribution in [3.63, 3.8) is 0 Å². The van der Waals surface area contributed by atoms with Crippen LogP contribution in [0.15, 0.2) is 36.4 Å². The summed E-state index contributed by atoms with van der Waals surface area (Å²) in [5, 5.41) is 0. The molecule has 0 radical (unpaired) electrons. The van der Waals surface area contributed by atoms with Crippen molar-refractivity contribution in [3.8, 4) is 10.4 Å². The van der Waals surface area contributed by atoms with Crippen molar-refractivity contribution in [1.82, 2.24) is 0 Å². The van der Waals surface area contributed by atoms with E-state index < -0.39 is 6.29 Å². The molecule has 1 aromatic carbocycles. The molecule has 4 heteroatoms. The molecule has 0 aliphatic rings. The van der Waals surface area contributed by atoms with Crippen molar-refractivity contribution in [3.05, 3.63) is 46.8 Å². The Hall–Kier alpha value is -1.49. The molecule has 0 spiro atoms. The van der Waals surface area contributed by atoms with Crippen LogP contribution >= 0.6 is 11.3 Å². The van der Waals surface area contributed by atoms with Crippen molar-refractivity contribution >= 4 is 17.6 Å². The number of ether oxygens (including phenoxy) is 2. The minimum atomic E-state index is -0.400. The molecule has 0 aliphatic carbocycles. The first-order chi connectivity index (χ1) is 8.80. The van der Waals surface area contributed by atoms with Gasteiger partial charge in [0.25, 0.3) is 0 Å². The van der Waals surface area contributed by atoms with Crippen molar-refractivity contribution in [2.45, 2.75) is 6.29 Å². The summed E-state index contributed by atoms with van der Waals surface area (Å²) in [6.45, 7) is 0. The van der Waals surface area contributed by atoms with Crippen LogP contribution in [-0.2, 0) is 9.47 Å². The van der Waals surface area contributed by atoms with Gasteiger partial charge in [0, 0.05) is 24.7 Å². The first-order valence-electron chi connectivity index (χ1n) is 5.50. The molecule has 0 atom stereocenters. The maximum absolute atomic E-state index is 10.7. The molecular weight excluding hydrogens is 248 g/mol. The topological polar surface area (TPSA) is 35.5 Å². The van der Waals surface area contributed by atoms with E-state index in [9.17, 15) is 4.79 Å². The molecule has 0 aliphatic heterocycles. The van der Waals surface area contributed by atoms with Gasteiger partial charge in [0.05, 0.1) is 4.88 Å². The monoisotopic (exact) mass is 262 g/mol. The summed E-state index contributed by atoms with van der Waals surface area (Å²) in [6.07, 6.45) is 0.462. The summed E-state index contributed by atoms with van der Waals surface area (Å²) < 4.78 is 10.6. The zero-order valence-corrected chi connectivity index (χ0v) is 11.1. The van der Waals surface area contributed by atoms with Crippen LogP contribution in [0.4, 0.5) is 0 Å². The fraction of sp³-hybridized carbons (Fsp3) is 0.214. The number of hydrogen-bond acceptors (Lipinski definition) is 4. The molecule has 94 valence electrons. The van der Waals surface area contributed by atoms with E-state index in [0.29, 0.717) is 4.88 Å². The zero-order chi connectivity index (χ0) is 13.0. The largest absolute Gasteiger partial charge is 0.352 e. The van der Waals surface area contributed by atoms with Crippen LogP contribution in [0.3, 0.4) is 0 Å². The molecule has 0 fully saturated rings. The van der Waals surface area contributed by atoms with Gasteiger partial charge in [-0.05, 0) is 17.7 Å². The van der Waals surface area contributed by atoms with Gasteiger partial charge in [0.15, 0.2) is 12.6 Å². The number of methoxy groups -OCH3 is 2. The van der Waals surface area contributed by atoms with E-state index in [1.807, 2.05) is 36.4 Å². The van der Waals surface area contributed by atoms with Crippen LogP contribution in [0.25, 0.3) is 10.4 Å². The molecule has 0 amide bonds. The lowest BCUT2D eigenvalue weighted by Crippen LogP contribution is -2.04. The quantitative estimate of drug-likeness (QED) is 0.611. The van der Waals surface area contributed by atoms with E-state index in [1.165, 1.54) is 11.3 Å². The van der Waals surface area contributed by atoms with Gasteiger partial charge in [-0.3, -0.25) is 4.79 Å². The third-order valence-corrected chi connectivity index (χ3v) is 3.70. The average molecular weight is 262 g/mol. The number of aldehydes is 1. The summed E-state index contributed by atoms with van der Waals surface area (Å²) in [5.41, 5.74) is 1.99. The summed E-state index contributed by atoms with van der Waals surface area (Å²) >= 11 is 1.46. The Kier molecular flexibility index (Phi) is 4.25. The van der Waals surface area contributed by atoms with Gasteiger partial charge < -0.3 is 9.47 Å². The molecule has 0 N–H and O–H groups in total. The number of benzene rings is 1. The molecule has 2 aromatic rings. The number of hydrogen-bond donors (Lipinski definition) is 0. The number of carbonyl (C=O) groups is 1. The van der Waals surface area contributed by atoms with Crippen LogP contribution in [0.5, 0.6) is 0 Å². The first kappa shape index (κ1) is 13.0.